The lowest BCUT2D eigenvalue weighted by Gasteiger charge is -2.04. The van der Waals surface area contributed by atoms with Crippen LogP contribution in [0.3, 0.4) is 0 Å². The van der Waals surface area contributed by atoms with Crippen molar-refractivity contribution in [1.29, 1.82) is 0 Å². The topological polar surface area (TPSA) is 24.1 Å². The van der Waals surface area contributed by atoms with E-state index in [-0.39, 0.29) is 0 Å². The molecule has 0 aromatic carbocycles. The molecule has 14 heavy (non-hydrogen) atoms. The molecular formula is C12H27N2. The predicted octanol–water partition coefficient (Wildman–Crippen LogP) is 2.36. The van der Waals surface area contributed by atoms with Gasteiger partial charge in [0.15, 0.2) is 0 Å². The Kier molecular flexibility index (Phi) is 12.8. The maximum Gasteiger partial charge on any atom is -0.00489 e. The standard InChI is InChI=1S/C12H27N2/c1-3-4-5-8-11-14-12-9-6-7-10-13-2/h13-14H,1,3-12H2,2H3. The molecular weight excluding hydrogens is 172 g/mol. The Bertz CT molecular complexity index is 82.3. The highest BCUT2D eigenvalue weighted by atomic mass is 14.8. The highest BCUT2D eigenvalue weighted by molar-refractivity contribution is 4.51. The van der Waals surface area contributed by atoms with Gasteiger partial charge in [-0.2, -0.15) is 0 Å². The summed E-state index contributed by atoms with van der Waals surface area (Å²) in [7, 11) is 2.01. The Balaban J connectivity index is 2.78. The van der Waals surface area contributed by atoms with Crippen molar-refractivity contribution in [2.24, 2.45) is 0 Å². The molecule has 0 rings (SSSR count). The van der Waals surface area contributed by atoms with E-state index >= 15 is 0 Å². The summed E-state index contributed by atoms with van der Waals surface area (Å²) in [6, 6.07) is 0. The van der Waals surface area contributed by atoms with E-state index in [2.05, 4.69) is 17.6 Å². The molecule has 1 radical (unpaired) electrons. The normalized spacial score (nSPS) is 10.7. The van der Waals surface area contributed by atoms with Crippen LogP contribution in [0.2, 0.25) is 0 Å². The van der Waals surface area contributed by atoms with E-state index in [1.165, 1.54) is 51.6 Å². The quantitative estimate of drug-likeness (QED) is 0.499. The molecule has 0 saturated heterocycles. The van der Waals surface area contributed by atoms with Crippen LogP contribution in [-0.4, -0.2) is 26.7 Å². The van der Waals surface area contributed by atoms with Gasteiger partial charge in [0.25, 0.3) is 0 Å². The summed E-state index contributed by atoms with van der Waals surface area (Å²) in [5.41, 5.74) is 0. The maximum atomic E-state index is 3.84. The summed E-state index contributed by atoms with van der Waals surface area (Å²) in [6.45, 7) is 7.37. The molecule has 0 aliphatic rings. The second-order valence-corrected chi connectivity index (χ2v) is 3.83. The summed E-state index contributed by atoms with van der Waals surface area (Å²) in [5, 5.41) is 6.65. The number of rotatable bonds is 11. The highest BCUT2D eigenvalue weighted by Gasteiger charge is 1.90. The van der Waals surface area contributed by atoms with Gasteiger partial charge in [-0.3, -0.25) is 0 Å². The average molecular weight is 199 g/mol. The Morgan fingerprint density at radius 3 is 1.93 bits per heavy atom. The van der Waals surface area contributed by atoms with Crippen molar-refractivity contribution in [2.45, 2.75) is 44.9 Å². The van der Waals surface area contributed by atoms with Crippen molar-refractivity contribution in [3.63, 3.8) is 0 Å². The van der Waals surface area contributed by atoms with E-state index in [1.54, 1.807) is 0 Å². The molecule has 2 N–H and O–H groups in total. The maximum absolute atomic E-state index is 3.84. The van der Waals surface area contributed by atoms with Gasteiger partial charge in [-0.15, -0.1) is 0 Å². The zero-order chi connectivity index (χ0) is 10.5. The van der Waals surface area contributed by atoms with Gasteiger partial charge in [0.1, 0.15) is 0 Å². The molecule has 0 aliphatic heterocycles. The van der Waals surface area contributed by atoms with Crippen LogP contribution >= 0.6 is 0 Å². The summed E-state index contributed by atoms with van der Waals surface area (Å²) in [4.78, 5) is 0. The van der Waals surface area contributed by atoms with Crippen molar-refractivity contribution in [3.05, 3.63) is 6.92 Å². The molecule has 2 heteroatoms. The molecule has 0 heterocycles. The second kappa shape index (κ2) is 12.9. The molecule has 85 valence electrons. The fourth-order valence-corrected chi connectivity index (χ4v) is 1.46. The lowest BCUT2D eigenvalue weighted by Crippen LogP contribution is -2.17. The van der Waals surface area contributed by atoms with Crippen LogP contribution in [0.4, 0.5) is 0 Å². The fourth-order valence-electron chi connectivity index (χ4n) is 1.46. The summed E-state index contributed by atoms with van der Waals surface area (Å²) in [5.74, 6) is 0. The van der Waals surface area contributed by atoms with Crippen LogP contribution in [0, 0.1) is 6.92 Å². The van der Waals surface area contributed by atoms with Gasteiger partial charge in [-0.05, 0) is 45.9 Å². The Labute approximate surface area is 89.9 Å². The third-order valence-electron chi connectivity index (χ3n) is 2.38. The fraction of sp³-hybridized carbons (Fsp3) is 0.917. The summed E-state index contributed by atoms with van der Waals surface area (Å²) >= 11 is 0. The summed E-state index contributed by atoms with van der Waals surface area (Å²) in [6.07, 6.45) is 8.97. The van der Waals surface area contributed by atoms with Gasteiger partial charge >= 0.3 is 0 Å². The second-order valence-electron chi connectivity index (χ2n) is 3.83. The van der Waals surface area contributed by atoms with Gasteiger partial charge in [-0.1, -0.05) is 32.6 Å². The SMILES string of the molecule is [CH2]CCCCCNCCCCCNC. The highest BCUT2D eigenvalue weighted by Crippen LogP contribution is 1.97. The van der Waals surface area contributed by atoms with Crippen molar-refractivity contribution >= 4 is 0 Å². The van der Waals surface area contributed by atoms with Gasteiger partial charge in [0, 0.05) is 0 Å². The van der Waals surface area contributed by atoms with Gasteiger partial charge in [0.2, 0.25) is 0 Å². The van der Waals surface area contributed by atoms with Crippen LogP contribution < -0.4 is 10.6 Å². The van der Waals surface area contributed by atoms with E-state index in [1.807, 2.05) is 7.05 Å². The molecule has 0 aromatic rings. The number of hydrogen-bond donors (Lipinski definition) is 2. The molecule has 0 aliphatic carbocycles. The van der Waals surface area contributed by atoms with Crippen molar-refractivity contribution in [2.75, 3.05) is 26.7 Å². The van der Waals surface area contributed by atoms with Crippen LogP contribution in [-0.2, 0) is 0 Å². The number of nitrogens with one attached hydrogen (secondary N) is 2. The third kappa shape index (κ3) is 11.9. The summed E-state index contributed by atoms with van der Waals surface area (Å²) < 4.78 is 0. The third-order valence-corrected chi connectivity index (χ3v) is 2.38. The first kappa shape index (κ1) is 13.9. The molecule has 0 atom stereocenters. The largest absolute Gasteiger partial charge is 0.320 e. The molecule has 2 nitrogen and oxygen atoms in total. The molecule has 0 amide bonds. The first-order valence-corrected chi connectivity index (χ1v) is 6.06. The van der Waals surface area contributed by atoms with Crippen LogP contribution in [0.1, 0.15) is 44.9 Å². The lowest BCUT2D eigenvalue weighted by molar-refractivity contribution is 0.564. The smallest absolute Gasteiger partial charge is 0.00489 e. The average Bonchev–Trinajstić information content (AvgIpc) is 2.21. The Morgan fingerprint density at radius 1 is 0.786 bits per heavy atom. The van der Waals surface area contributed by atoms with Crippen LogP contribution in [0.15, 0.2) is 0 Å². The van der Waals surface area contributed by atoms with Crippen molar-refractivity contribution in [1.82, 2.24) is 10.6 Å². The van der Waals surface area contributed by atoms with E-state index in [0.717, 1.165) is 13.0 Å². The number of unbranched alkanes of at least 4 members (excludes halogenated alkanes) is 5. The zero-order valence-corrected chi connectivity index (χ0v) is 9.78. The minimum atomic E-state index is 1.09. The minimum absolute atomic E-state index is 1.09. The minimum Gasteiger partial charge on any atom is -0.320 e. The van der Waals surface area contributed by atoms with Crippen molar-refractivity contribution in [3.8, 4) is 0 Å². The monoisotopic (exact) mass is 199 g/mol. The molecule has 0 fully saturated rings. The van der Waals surface area contributed by atoms with E-state index in [4.69, 9.17) is 0 Å². The number of hydrogen-bond acceptors (Lipinski definition) is 2. The van der Waals surface area contributed by atoms with Gasteiger partial charge in [0.05, 0.1) is 0 Å². The van der Waals surface area contributed by atoms with Crippen LogP contribution in [0.5, 0.6) is 0 Å². The molecule has 0 unspecified atom stereocenters. The first-order valence-electron chi connectivity index (χ1n) is 6.06. The molecule has 0 spiro atoms. The predicted molar refractivity (Wildman–Crippen MR) is 64.5 cm³/mol. The lowest BCUT2D eigenvalue weighted by atomic mass is 10.2. The molecule has 0 bridgehead atoms. The first-order chi connectivity index (χ1) is 6.91. The van der Waals surface area contributed by atoms with Gasteiger partial charge < -0.3 is 10.6 Å². The van der Waals surface area contributed by atoms with Gasteiger partial charge in [-0.25, -0.2) is 0 Å². The van der Waals surface area contributed by atoms with Crippen LogP contribution in [0.25, 0.3) is 0 Å². The Hall–Kier alpha value is -0.0800. The Morgan fingerprint density at radius 2 is 1.36 bits per heavy atom. The van der Waals surface area contributed by atoms with E-state index in [0.29, 0.717) is 0 Å². The van der Waals surface area contributed by atoms with Crippen molar-refractivity contribution < 1.29 is 0 Å². The van der Waals surface area contributed by atoms with E-state index < -0.39 is 0 Å². The molecule has 0 saturated carbocycles. The van der Waals surface area contributed by atoms with E-state index in [9.17, 15) is 0 Å². The zero-order valence-electron chi connectivity index (χ0n) is 9.78. The molecule has 0 aromatic heterocycles.